The summed E-state index contributed by atoms with van der Waals surface area (Å²) in [6.07, 6.45) is 0.640. The minimum absolute atomic E-state index is 0.0516. The largest absolute Gasteiger partial charge is 0.396 e. The van der Waals surface area contributed by atoms with E-state index in [1.807, 2.05) is 0 Å². The maximum absolute atomic E-state index is 10.6. The minimum atomic E-state index is -0.428. The molecule has 0 heterocycles. The lowest BCUT2D eigenvalue weighted by Crippen LogP contribution is -2.26. The second-order valence-electron chi connectivity index (χ2n) is 4.43. The van der Waals surface area contributed by atoms with E-state index in [4.69, 9.17) is 5.11 Å². The Balaban J connectivity index is 2.86. The first-order chi connectivity index (χ1) is 8.45. The lowest BCUT2D eigenvalue weighted by atomic mass is 10.0. The van der Waals surface area contributed by atoms with Gasteiger partial charge in [0.05, 0.1) is 4.92 Å². The average molecular weight is 317 g/mol. The molecular weight excluding hydrogens is 300 g/mol. The molecule has 0 aliphatic carbocycles. The Morgan fingerprint density at radius 2 is 2.17 bits per heavy atom. The van der Waals surface area contributed by atoms with Crippen LogP contribution >= 0.6 is 15.9 Å². The molecule has 0 fully saturated rings. The van der Waals surface area contributed by atoms with Crippen molar-refractivity contribution in [3.05, 3.63) is 32.8 Å². The van der Waals surface area contributed by atoms with Crippen molar-refractivity contribution in [1.82, 2.24) is 0 Å². The molecule has 6 heteroatoms. The Bertz CT molecular complexity index is 424. The molecule has 0 aliphatic rings. The third-order valence-corrected chi connectivity index (χ3v) is 3.41. The molecule has 0 aliphatic heterocycles. The van der Waals surface area contributed by atoms with Gasteiger partial charge in [-0.15, -0.1) is 0 Å². The highest BCUT2D eigenvalue weighted by molar-refractivity contribution is 9.10. The molecule has 0 radical (unpaired) electrons. The first-order valence-corrected chi connectivity index (χ1v) is 6.56. The van der Waals surface area contributed by atoms with Gasteiger partial charge < -0.3 is 10.4 Å². The van der Waals surface area contributed by atoms with Gasteiger partial charge in [-0.25, -0.2) is 0 Å². The van der Waals surface area contributed by atoms with E-state index in [0.29, 0.717) is 16.8 Å². The van der Waals surface area contributed by atoms with Crippen molar-refractivity contribution in [1.29, 1.82) is 0 Å². The second-order valence-corrected chi connectivity index (χ2v) is 5.28. The molecule has 0 aromatic heterocycles. The van der Waals surface area contributed by atoms with E-state index in [-0.39, 0.29) is 18.3 Å². The van der Waals surface area contributed by atoms with Gasteiger partial charge in [-0.2, -0.15) is 0 Å². The Morgan fingerprint density at radius 1 is 1.50 bits per heavy atom. The number of nitro benzene ring substituents is 1. The summed E-state index contributed by atoms with van der Waals surface area (Å²) < 4.78 is 0.653. The number of hydrogen-bond donors (Lipinski definition) is 2. The molecule has 1 rings (SSSR count). The average Bonchev–Trinajstić information content (AvgIpc) is 2.30. The van der Waals surface area contributed by atoms with Gasteiger partial charge in [0.25, 0.3) is 5.69 Å². The number of nitrogens with zero attached hydrogens (tertiary/aromatic N) is 1. The summed E-state index contributed by atoms with van der Waals surface area (Å²) >= 11 is 3.31. The van der Waals surface area contributed by atoms with Gasteiger partial charge in [0.15, 0.2) is 0 Å². The van der Waals surface area contributed by atoms with Gasteiger partial charge in [-0.3, -0.25) is 10.1 Å². The van der Waals surface area contributed by atoms with Crippen molar-refractivity contribution in [3.63, 3.8) is 0 Å². The van der Waals surface area contributed by atoms with E-state index in [1.165, 1.54) is 12.1 Å². The normalized spacial score (nSPS) is 12.5. The molecule has 5 nitrogen and oxygen atoms in total. The molecule has 100 valence electrons. The quantitative estimate of drug-likeness (QED) is 0.624. The minimum Gasteiger partial charge on any atom is -0.396 e. The number of aliphatic hydroxyl groups excluding tert-OH is 1. The molecule has 1 atom stereocenters. The number of hydrogen-bond acceptors (Lipinski definition) is 4. The standard InChI is InChI=1S/C12H17BrN2O3/c1-8(2)11(5-6-16)14-12-4-3-9(15(17)18)7-10(12)13/h3-4,7-8,11,14,16H,5-6H2,1-2H3. The third-order valence-electron chi connectivity index (χ3n) is 2.75. The van der Waals surface area contributed by atoms with Crippen molar-refractivity contribution >= 4 is 27.3 Å². The number of anilines is 1. The molecule has 18 heavy (non-hydrogen) atoms. The fourth-order valence-corrected chi connectivity index (χ4v) is 2.13. The van der Waals surface area contributed by atoms with Crippen LogP contribution in [0.5, 0.6) is 0 Å². The predicted octanol–water partition coefficient (Wildman–Crippen LogP) is 3.18. The first kappa shape index (κ1) is 14.9. The molecule has 0 saturated heterocycles. The molecule has 1 aromatic carbocycles. The monoisotopic (exact) mass is 316 g/mol. The number of nitrogens with one attached hydrogen (secondary N) is 1. The van der Waals surface area contributed by atoms with Crippen molar-refractivity contribution in [2.45, 2.75) is 26.3 Å². The fraction of sp³-hybridized carbons (Fsp3) is 0.500. The zero-order valence-corrected chi connectivity index (χ0v) is 12.0. The SMILES string of the molecule is CC(C)C(CCO)Nc1ccc([N+](=O)[O-])cc1Br. The van der Waals surface area contributed by atoms with E-state index in [0.717, 1.165) is 5.69 Å². The highest BCUT2D eigenvalue weighted by atomic mass is 79.9. The van der Waals surface area contributed by atoms with E-state index < -0.39 is 4.92 Å². The van der Waals surface area contributed by atoms with E-state index in [2.05, 4.69) is 35.1 Å². The van der Waals surface area contributed by atoms with Crippen LogP contribution in [0, 0.1) is 16.0 Å². The zero-order valence-electron chi connectivity index (χ0n) is 10.4. The number of benzene rings is 1. The van der Waals surface area contributed by atoms with Crippen molar-refractivity contribution < 1.29 is 10.0 Å². The lowest BCUT2D eigenvalue weighted by molar-refractivity contribution is -0.384. The summed E-state index contributed by atoms with van der Waals surface area (Å²) in [5, 5.41) is 22.9. The van der Waals surface area contributed by atoms with Crippen LogP contribution in [-0.2, 0) is 0 Å². The molecule has 1 unspecified atom stereocenters. The van der Waals surface area contributed by atoms with Crippen molar-refractivity contribution in [3.8, 4) is 0 Å². The highest BCUT2D eigenvalue weighted by Crippen LogP contribution is 2.28. The zero-order chi connectivity index (χ0) is 13.7. The van der Waals surface area contributed by atoms with E-state index >= 15 is 0 Å². The van der Waals surface area contributed by atoms with Crippen LogP contribution in [0.1, 0.15) is 20.3 Å². The summed E-state index contributed by atoms with van der Waals surface area (Å²) in [7, 11) is 0. The first-order valence-electron chi connectivity index (χ1n) is 5.77. The molecule has 0 saturated carbocycles. The summed E-state index contributed by atoms with van der Waals surface area (Å²) in [5.41, 5.74) is 0.850. The van der Waals surface area contributed by atoms with Gasteiger partial charge in [0.1, 0.15) is 0 Å². The Kier molecular flexibility index (Phi) is 5.55. The van der Waals surface area contributed by atoms with Crippen LogP contribution in [0.4, 0.5) is 11.4 Å². The Morgan fingerprint density at radius 3 is 2.61 bits per heavy atom. The van der Waals surface area contributed by atoms with Crippen LogP contribution in [0.15, 0.2) is 22.7 Å². The highest BCUT2D eigenvalue weighted by Gasteiger charge is 2.15. The summed E-state index contributed by atoms with van der Waals surface area (Å²) in [6, 6.07) is 4.74. The molecular formula is C12H17BrN2O3. The summed E-state index contributed by atoms with van der Waals surface area (Å²) in [5.74, 6) is 0.360. The third kappa shape index (κ3) is 3.96. The van der Waals surface area contributed by atoms with Crippen LogP contribution in [-0.4, -0.2) is 22.7 Å². The van der Waals surface area contributed by atoms with Gasteiger partial charge in [-0.05, 0) is 34.3 Å². The maximum Gasteiger partial charge on any atom is 0.270 e. The summed E-state index contributed by atoms with van der Waals surface area (Å²) in [4.78, 5) is 10.2. The number of non-ortho nitro benzene ring substituents is 1. The topological polar surface area (TPSA) is 75.4 Å². The maximum atomic E-state index is 10.6. The number of rotatable bonds is 6. The smallest absolute Gasteiger partial charge is 0.270 e. The van der Waals surface area contributed by atoms with Crippen LogP contribution in [0.3, 0.4) is 0 Å². The van der Waals surface area contributed by atoms with Gasteiger partial charge in [-0.1, -0.05) is 13.8 Å². The van der Waals surface area contributed by atoms with Gasteiger partial charge >= 0.3 is 0 Å². The van der Waals surface area contributed by atoms with E-state index in [9.17, 15) is 10.1 Å². The van der Waals surface area contributed by atoms with Crippen LogP contribution in [0.2, 0.25) is 0 Å². The van der Waals surface area contributed by atoms with Gasteiger partial charge in [0, 0.05) is 34.9 Å². The van der Waals surface area contributed by atoms with Crippen molar-refractivity contribution in [2.75, 3.05) is 11.9 Å². The fourth-order valence-electron chi connectivity index (χ4n) is 1.65. The molecule has 1 aromatic rings. The van der Waals surface area contributed by atoms with Crippen LogP contribution < -0.4 is 5.32 Å². The molecule has 0 amide bonds. The predicted molar refractivity (Wildman–Crippen MR) is 74.7 cm³/mol. The second kappa shape index (κ2) is 6.70. The van der Waals surface area contributed by atoms with E-state index in [1.54, 1.807) is 6.07 Å². The van der Waals surface area contributed by atoms with Crippen LogP contribution in [0.25, 0.3) is 0 Å². The molecule has 0 spiro atoms. The number of halogens is 1. The Labute approximate surface area is 114 Å². The Hall–Kier alpha value is -1.14. The lowest BCUT2D eigenvalue weighted by Gasteiger charge is -2.23. The van der Waals surface area contributed by atoms with Crippen molar-refractivity contribution in [2.24, 2.45) is 5.92 Å². The number of nitro groups is 1. The molecule has 0 bridgehead atoms. The molecule has 2 N–H and O–H groups in total. The number of aliphatic hydroxyl groups is 1. The summed E-state index contributed by atoms with van der Waals surface area (Å²) in [6.45, 7) is 4.24. The van der Waals surface area contributed by atoms with Gasteiger partial charge in [0.2, 0.25) is 0 Å².